The van der Waals surface area contributed by atoms with Gasteiger partial charge in [0.25, 0.3) is 5.69 Å². The van der Waals surface area contributed by atoms with E-state index in [1.54, 1.807) is 18.2 Å². The minimum Gasteiger partial charge on any atom is -0.383 e. The van der Waals surface area contributed by atoms with Crippen molar-refractivity contribution in [2.24, 2.45) is 5.10 Å². The number of hydrazone groups is 1. The van der Waals surface area contributed by atoms with Gasteiger partial charge in [0.15, 0.2) is 0 Å². The molecule has 0 fully saturated rings. The first kappa shape index (κ1) is 13.7. The summed E-state index contributed by atoms with van der Waals surface area (Å²) in [6, 6.07) is 7.58. The van der Waals surface area contributed by atoms with E-state index in [1.807, 2.05) is 0 Å². The number of hydrogen-bond acceptors (Lipinski definition) is 7. The molecule has 0 aliphatic heterocycles. The number of halogens is 1. The maximum atomic E-state index is 10.8. The maximum absolute atomic E-state index is 10.8. The lowest BCUT2D eigenvalue weighted by molar-refractivity contribution is -0.385. The van der Waals surface area contributed by atoms with E-state index in [4.69, 9.17) is 17.3 Å². The van der Waals surface area contributed by atoms with E-state index in [2.05, 4.69) is 20.5 Å². The Hall–Kier alpha value is -2.74. The van der Waals surface area contributed by atoms with Crippen LogP contribution in [0.15, 0.2) is 35.4 Å². The van der Waals surface area contributed by atoms with Gasteiger partial charge in [0.05, 0.1) is 16.7 Å². The van der Waals surface area contributed by atoms with Crippen LogP contribution in [0.2, 0.25) is 5.15 Å². The van der Waals surface area contributed by atoms with Crippen molar-refractivity contribution in [2.75, 3.05) is 11.2 Å². The minimum absolute atomic E-state index is 0.0513. The molecule has 9 heteroatoms. The van der Waals surface area contributed by atoms with Gasteiger partial charge in [-0.05, 0) is 6.07 Å². The summed E-state index contributed by atoms with van der Waals surface area (Å²) in [5, 5.41) is 14.8. The largest absolute Gasteiger partial charge is 0.383 e. The third-order valence-electron chi connectivity index (χ3n) is 2.22. The van der Waals surface area contributed by atoms with Gasteiger partial charge in [-0.1, -0.05) is 23.7 Å². The lowest BCUT2D eigenvalue weighted by Crippen LogP contribution is -2.01. The predicted molar refractivity (Wildman–Crippen MR) is 75.8 cm³/mol. The highest BCUT2D eigenvalue weighted by atomic mass is 35.5. The summed E-state index contributed by atoms with van der Waals surface area (Å²) in [5.41, 5.74) is 8.29. The number of nitrogens with zero attached hydrogens (tertiary/aromatic N) is 4. The zero-order valence-corrected chi connectivity index (χ0v) is 10.8. The van der Waals surface area contributed by atoms with Crippen molar-refractivity contribution in [3.8, 4) is 0 Å². The molecule has 2 rings (SSSR count). The fraction of sp³-hybridized carbons (Fsp3) is 0. The highest BCUT2D eigenvalue weighted by Crippen LogP contribution is 2.15. The highest BCUT2D eigenvalue weighted by Gasteiger charge is 2.09. The standard InChI is InChI=1S/C11H9ClN6O2/c12-9-5-10(13)16-11(15-9)17-14-6-7-3-1-2-4-8(7)18(19)20/h1-6H,(H3,13,15,16,17). The van der Waals surface area contributed by atoms with E-state index in [-0.39, 0.29) is 22.6 Å². The Morgan fingerprint density at radius 2 is 2.15 bits per heavy atom. The van der Waals surface area contributed by atoms with Crippen molar-refractivity contribution in [3.63, 3.8) is 0 Å². The molecule has 1 heterocycles. The second kappa shape index (κ2) is 5.93. The summed E-state index contributed by atoms with van der Waals surface area (Å²) in [5.74, 6) is 0.290. The molecular formula is C11H9ClN6O2. The van der Waals surface area contributed by atoms with Crippen LogP contribution in [-0.2, 0) is 0 Å². The van der Waals surface area contributed by atoms with Crippen molar-refractivity contribution in [1.82, 2.24) is 9.97 Å². The number of nitrogens with one attached hydrogen (secondary N) is 1. The normalized spacial score (nSPS) is 10.7. The topological polar surface area (TPSA) is 119 Å². The van der Waals surface area contributed by atoms with Crippen LogP contribution in [0.25, 0.3) is 0 Å². The SMILES string of the molecule is Nc1cc(Cl)nc(NN=Cc2ccccc2[N+](=O)[O-])n1. The fourth-order valence-corrected chi connectivity index (χ4v) is 1.60. The Bertz CT molecular complexity index is 655. The average Bonchev–Trinajstić information content (AvgIpc) is 2.38. The number of anilines is 2. The Balaban J connectivity index is 2.16. The first-order chi connectivity index (χ1) is 9.56. The van der Waals surface area contributed by atoms with Crippen LogP contribution in [0.4, 0.5) is 17.5 Å². The molecule has 8 nitrogen and oxygen atoms in total. The quantitative estimate of drug-likeness (QED) is 0.385. The van der Waals surface area contributed by atoms with Crippen LogP contribution in [-0.4, -0.2) is 21.1 Å². The molecule has 3 N–H and O–H groups in total. The molecule has 0 aliphatic rings. The molecule has 0 radical (unpaired) electrons. The molecule has 0 unspecified atom stereocenters. The van der Waals surface area contributed by atoms with Crippen LogP contribution in [0, 0.1) is 10.1 Å². The molecule has 102 valence electrons. The maximum Gasteiger partial charge on any atom is 0.278 e. The summed E-state index contributed by atoms with van der Waals surface area (Å²) in [4.78, 5) is 18.0. The molecule has 1 aromatic carbocycles. The molecular weight excluding hydrogens is 284 g/mol. The van der Waals surface area contributed by atoms with Crippen molar-refractivity contribution >= 4 is 35.3 Å². The van der Waals surface area contributed by atoms with Crippen LogP contribution in [0.3, 0.4) is 0 Å². The summed E-state index contributed by atoms with van der Waals surface area (Å²) in [6.07, 6.45) is 1.29. The first-order valence-corrected chi connectivity index (χ1v) is 5.76. The van der Waals surface area contributed by atoms with Crippen molar-refractivity contribution in [1.29, 1.82) is 0 Å². The summed E-state index contributed by atoms with van der Waals surface area (Å²) in [7, 11) is 0. The van der Waals surface area contributed by atoms with Gasteiger partial charge in [0.1, 0.15) is 11.0 Å². The van der Waals surface area contributed by atoms with E-state index in [1.165, 1.54) is 18.3 Å². The third-order valence-corrected chi connectivity index (χ3v) is 2.41. The number of nitro benzene ring substituents is 1. The Morgan fingerprint density at radius 1 is 1.40 bits per heavy atom. The summed E-state index contributed by atoms with van der Waals surface area (Å²) >= 11 is 5.70. The monoisotopic (exact) mass is 292 g/mol. The second-order valence-corrected chi connectivity index (χ2v) is 4.01. The average molecular weight is 293 g/mol. The number of para-hydroxylation sites is 1. The number of hydrogen-bond donors (Lipinski definition) is 2. The van der Waals surface area contributed by atoms with E-state index < -0.39 is 4.92 Å². The molecule has 0 aliphatic carbocycles. The summed E-state index contributed by atoms with van der Waals surface area (Å²) in [6.45, 7) is 0. The van der Waals surface area contributed by atoms with Gasteiger partial charge in [-0.25, -0.2) is 5.43 Å². The second-order valence-electron chi connectivity index (χ2n) is 3.63. The van der Waals surface area contributed by atoms with E-state index in [9.17, 15) is 10.1 Å². The van der Waals surface area contributed by atoms with E-state index in [0.717, 1.165) is 0 Å². The molecule has 0 spiro atoms. The van der Waals surface area contributed by atoms with Gasteiger partial charge in [0.2, 0.25) is 5.95 Å². The smallest absolute Gasteiger partial charge is 0.278 e. The van der Waals surface area contributed by atoms with Crippen molar-refractivity contribution in [3.05, 3.63) is 51.2 Å². The zero-order chi connectivity index (χ0) is 14.5. The van der Waals surface area contributed by atoms with Crippen LogP contribution >= 0.6 is 11.6 Å². The van der Waals surface area contributed by atoms with Gasteiger partial charge >= 0.3 is 0 Å². The third kappa shape index (κ3) is 3.39. The van der Waals surface area contributed by atoms with Crippen LogP contribution in [0.1, 0.15) is 5.56 Å². The predicted octanol–water partition coefficient (Wildman–Crippen LogP) is 2.07. The highest BCUT2D eigenvalue weighted by molar-refractivity contribution is 6.29. The van der Waals surface area contributed by atoms with Gasteiger partial charge < -0.3 is 5.73 Å². The lowest BCUT2D eigenvalue weighted by atomic mass is 10.2. The van der Waals surface area contributed by atoms with Gasteiger partial charge in [-0.3, -0.25) is 10.1 Å². The molecule has 0 amide bonds. The van der Waals surface area contributed by atoms with E-state index >= 15 is 0 Å². The lowest BCUT2D eigenvalue weighted by Gasteiger charge is -2.00. The number of nitrogen functional groups attached to an aromatic ring is 1. The molecule has 20 heavy (non-hydrogen) atoms. The first-order valence-electron chi connectivity index (χ1n) is 5.39. The number of nitrogens with two attached hydrogens (primary N) is 1. The number of aromatic nitrogens is 2. The molecule has 0 saturated carbocycles. The molecule has 0 bridgehead atoms. The van der Waals surface area contributed by atoms with Crippen LogP contribution in [0.5, 0.6) is 0 Å². The molecule has 1 aromatic heterocycles. The van der Waals surface area contributed by atoms with Crippen LogP contribution < -0.4 is 11.2 Å². The summed E-state index contributed by atoms with van der Waals surface area (Å²) < 4.78 is 0. The number of nitro groups is 1. The van der Waals surface area contributed by atoms with Crippen molar-refractivity contribution in [2.45, 2.75) is 0 Å². The minimum atomic E-state index is -0.491. The van der Waals surface area contributed by atoms with Gasteiger partial charge in [-0.15, -0.1) is 0 Å². The van der Waals surface area contributed by atoms with E-state index in [0.29, 0.717) is 5.56 Å². The molecule has 0 atom stereocenters. The van der Waals surface area contributed by atoms with Gasteiger partial charge in [-0.2, -0.15) is 15.1 Å². The fourth-order valence-electron chi connectivity index (χ4n) is 1.41. The molecule has 2 aromatic rings. The molecule has 0 saturated heterocycles. The Kier molecular flexibility index (Phi) is 4.06. The number of benzene rings is 1. The Morgan fingerprint density at radius 3 is 2.85 bits per heavy atom. The number of rotatable bonds is 4. The van der Waals surface area contributed by atoms with Crippen molar-refractivity contribution < 1.29 is 4.92 Å². The Labute approximate surface area is 118 Å². The zero-order valence-electron chi connectivity index (χ0n) is 10.0. The van der Waals surface area contributed by atoms with Gasteiger partial charge in [0, 0.05) is 12.1 Å².